The summed E-state index contributed by atoms with van der Waals surface area (Å²) in [6.07, 6.45) is 1.86. The summed E-state index contributed by atoms with van der Waals surface area (Å²) in [6, 6.07) is 16.4. The Balaban J connectivity index is 0.00000289. The average Bonchev–Trinajstić information content (AvgIpc) is 3.35. The van der Waals surface area contributed by atoms with Crippen LogP contribution in [0.3, 0.4) is 0 Å². The minimum Gasteiger partial charge on any atom is -0.378 e. The minimum absolute atomic E-state index is 0. The summed E-state index contributed by atoms with van der Waals surface area (Å²) in [5.74, 6) is 1.01. The molecule has 1 aromatic heterocycles. The number of hydrazine groups is 1. The van der Waals surface area contributed by atoms with E-state index in [9.17, 15) is 4.39 Å². The molecule has 0 bridgehead atoms. The van der Waals surface area contributed by atoms with E-state index >= 15 is 0 Å². The van der Waals surface area contributed by atoms with Gasteiger partial charge in [0.15, 0.2) is 0 Å². The van der Waals surface area contributed by atoms with Crippen molar-refractivity contribution in [2.75, 3.05) is 48.5 Å². The summed E-state index contributed by atoms with van der Waals surface area (Å²) in [7, 11) is 0. The van der Waals surface area contributed by atoms with Crippen molar-refractivity contribution >= 4 is 42.2 Å². The highest BCUT2D eigenvalue weighted by molar-refractivity contribution is 5.85. The summed E-state index contributed by atoms with van der Waals surface area (Å²) in [4.78, 5) is 15.6. The Morgan fingerprint density at radius 2 is 1.74 bits per heavy atom. The van der Waals surface area contributed by atoms with Gasteiger partial charge in [-0.25, -0.2) is 15.2 Å². The van der Waals surface area contributed by atoms with Crippen LogP contribution in [0.2, 0.25) is 0 Å². The topological polar surface area (TPSA) is 112 Å². The number of nitrogens with zero attached hydrogens (tertiary/aromatic N) is 5. The summed E-state index contributed by atoms with van der Waals surface area (Å²) in [6.45, 7) is 3.33. The van der Waals surface area contributed by atoms with E-state index in [0.29, 0.717) is 49.8 Å². The molecular formula is C23H27ClFN9O. The third kappa shape index (κ3) is 6.40. The predicted molar refractivity (Wildman–Crippen MR) is 136 cm³/mol. The lowest BCUT2D eigenvalue weighted by Gasteiger charge is -2.27. The van der Waals surface area contributed by atoms with E-state index in [4.69, 9.17) is 4.74 Å². The number of rotatable bonds is 7. The van der Waals surface area contributed by atoms with Gasteiger partial charge in [-0.3, -0.25) is 5.43 Å². The summed E-state index contributed by atoms with van der Waals surface area (Å²) < 4.78 is 18.7. The first kappa shape index (κ1) is 24.7. The number of anilines is 4. The third-order valence-corrected chi connectivity index (χ3v) is 5.63. The Morgan fingerprint density at radius 1 is 1.00 bits per heavy atom. The van der Waals surface area contributed by atoms with Crippen molar-refractivity contribution in [2.45, 2.75) is 6.04 Å². The van der Waals surface area contributed by atoms with Gasteiger partial charge in [-0.05, 0) is 29.8 Å². The zero-order chi connectivity index (χ0) is 23.2. The van der Waals surface area contributed by atoms with Gasteiger partial charge in [-0.2, -0.15) is 20.1 Å². The molecule has 5 rings (SSSR count). The number of benzene rings is 2. The third-order valence-electron chi connectivity index (χ3n) is 5.63. The Bertz CT molecular complexity index is 1110. The molecule has 2 aliphatic rings. The molecule has 2 fully saturated rings. The van der Waals surface area contributed by atoms with E-state index < -0.39 is 0 Å². The Hall–Kier alpha value is -3.38. The van der Waals surface area contributed by atoms with E-state index in [2.05, 4.69) is 53.8 Å². The van der Waals surface area contributed by atoms with E-state index in [1.54, 1.807) is 12.1 Å². The molecule has 2 aromatic carbocycles. The zero-order valence-corrected chi connectivity index (χ0v) is 19.7. The van der Waals surface area contributed by atoms with E-state index in [1.807, 2.05) is 29.3 Å². The monoisotopic (exact) mass is 499 g/mol. The highest BCUT2D eigenvalue weighted by Gasteiger charge is 2.26. The van der Waals surface area contributed by atoms with Crippen molar-refractivity contribution in [2.24, 2.45) is 11.0 Å². The number of aromatic nitrogens is 3. The molecule has 3 aromatic rings. The van der Waals surface area contributed by atoms with Gasteiger partial charge >= 0.3 is 0 Å². The van der Waals surface area contributed by atoms with Crippen LogP contribution in [0.1, 0.15) is 11.6 Å². The fourth-order valence-electron chi connectivity index (χ4n) is 3.87. The van der Waals surface area contributed by atoms with Crippen LogP contribution in [-0.2, 0) is 4.74 Å². The highest BCUT2D eigenvalue weighted by atomic mass is 35.5. The average molecular weight is 500 g/mol. The van der Waals surface area contributed by atoms with Crippen LogP contribution in [0.15, 0.2) is 59.7 Å². The molecule has 184 valence electrons. The normalized spacial score (nSPS) is 20.0. The number of halogens is 2. The number of hydrogen-bond acceptors (Lipinski definition) is 10. The SMILES string of the molecule is Cl.Fc1ccc(Nc2nc(N/N=C/C3CNNC3c3ccccc3)nc(N3CCOCC3)n2)cc1. The molecule has 35 heavy (non-hydrogen) atoms. The lowest BCUT2D eigenvalue weighted by molar-refractivity contribution is 0.122. The number of nitrogens with one attached hydrogen (secondary N) is 4. The Labute approximate surface area is 208 Å². The summed E-state index contributed by atoms with van der Waals surface area (Å²) in [5, 5.41) is 7.53. The van der Waals surface area contributed by atoms with Gasteiger partial charge < -0.3 is 15.0 Å². The second-order valence-electron chi connectivity index (χ2n) is 7.98. The lowest BCUT2D eigenvalue weighted by atomic mass is 9.96. The molecule has 3 heterocycles. The predicted octanol–water partition coefficient (Wildman–Crippen LogP) is 2.88. The molecule has 2 aliphatic heterocycles. The molecule has 2 unspecified atom stereocenters. The second-order valence-corrected chi connectivity index (χ2v) is 7.98. The van der Waals surface area contributed by atoms with Gasteiger partial charge in [0.25, 0.3) is 0 Å². The van der Waals surface area contributed by atoms with Crippen LogP contribution in [-0.4, -0.2) is 54.0 Å². The molecule has 0 amide bonds. The van der Waals surface area contributed by atoms with Gasteiger partial charge in [0.1, 0.15) is 5.82 Å². The number of ether oxygens (including phenoxy) is 1. The molecule has 2 saturated heterocycles. The lowest BCUT2D eigenvalue weighted by Crippen LogP contribution is -2.37. The van der Waals surface area contributed by atoms with Crippen LogP contribution >= 0.6 is 12.4 Å². The van der Waals surface area contributed by atoms with Gasteiger partial charge in [-0.1, -0.05) is 30.3 Å². The molecule has 0 spiro atoms. The summed E-state index contributed by atoms with van der Waals surface area (Å²) in [5.41, 5.74) is 11.3. The van der Waals surface area contributed by atoms with Crippen molar-refractivity contribution in [3.05, 3.63) is 66.0 Å². The maximum atomic E-state index is 13.3. The molecule has 10 nitrogen and oxygen atoms in total. The molecule has 12 heteroatoms. The number of morpholine rings is 1. The van der Waals surface area contributed by atoms with E-state index in [1.165, 1.54) is 17.7 Å². The van der Waals surface area contributed by atoms with E-state index in [0.717, 1.165) is 6.54 Å². The quantitative estimate of drug-likeness (QED) is 0.288. The number of hydrazone groups is 1. The molecule has 4 N–H and O–H groups in total. The minimum atomic E-state index is -0.309. The first-order valence-corrected chi connectivity index (χ1v) is 11.2. The zero-order valence-electron chi connectivity index (χ0n) is 18.9. The van der Waals surface area contributed by atoms with Crippen LogP contribution in [0, 0.1) is 11.7 Å². The maximum absolute atomic E-state index is 13.3. The molecular weight excluding hydrogens is 473 g/mol. The Kier molecular flexibility index (Phi) is 8.37. The molecule has 2 atom stereocenters. The fourth-order valence-corrected chi connectivity index (χ4v) is 3.87. The van der Waals surface area contributed by atoms with Crippen LogP contribution in [0.25, 0.3) is 0 Å². The van der Waals surface area contributed by atoms with Crippen molar-refractivity contribution in [1.29, 1.82) is 0 Å². The van der Waals surface area contributed by atoms with Crippen LogP contribution in [0.4, 0.5) is 27.9 Å². The van der Waals surface area contributed by atoms with Crippen molar-refractivity contribution < 1.29 is 9.13 Å². The molecule has 0 saturated carbocycles. The standard InChI is InChI=1S/C23H26FN9O.ClH/c24-18-6-8-19(9-7-18)27-21-28-22(30-23(29-21)33-10-12-34-13-11-33)32-26-15-17-14-25-31-20(17)16-4-2-1-3-5-16;/h1-9,15,17,20,25,31H,10-14H2,(H2,27,28,29,30,32);1H/b26-15+;. The van der Waals surface area contributed by atoms with Crippen LogP contribution in [0.5, 0.6) is 0 Å². The number of hydrogen-bond donors (Lipinski definition) is 4. The molecule has 0 aliphatic carbocycles. The largest absolute Gasteiger partial charge is 0.378 e. The van der Waals surface area contributed by atoms with Crippen molar-refractivity contribution in [1.82, 2.24) is 25.8 Å². The maximum Gasteiger partial charge on any atom is 0.250 e. The van der Waals surface area contributed by atoms with Gasteiger partial charge in [0.05, 0.1) is 19.3 Å². The Morgan fingerprint density at radius 3 is 2.51 bits per heavy atom. The van der Waals surface area contributed by atoms with Gasteiger partial charge in [0.2, 0.25) is 17.8 Å². The second kappa shape index (κ2) is 11.8. The van der Waals surface area contributed by atoms with Crippen molar-refractivity contribution in [3.8, 4) is 0 Å². The first-order valence-electron chi connectivity index (χ1n) is 11.2. The first-order chi connectivity index (χ1) is 16.7. The van der Waals surface area contributed by atoms with Crippen molar-refractivity contribution in [3.63, 3.8) is 0 Å². The van der Waals surface area contributed by atoms with Gasteiger partial charge in [0, 0.05) is 37.5 Å². The smallest absolute Gasteiger partial charge is 0.250 e. The molecule has 0 radical (unpaired) electrons. The summed E-state index contributed by atoms with van der Waals surface area (Å²) >= 11 is 0. The van der Waals surface area contributed by atoms with Crippen LogP contribution < -0.4 is 26.5 Å². The van der Waals surface area contributed by atoms with Gasteiger partial charge in [-0.15, -0.1) is 12.4 Å². The highest BCUT2D eigenvalue weighted by Crippen LogP contribution is 2.23. The van der Waals surface area contributed by atoms with E-state index in [-0.39, 0.29) is 30.2 Å². The fraction of sp³-hybridized carbons (Fsp3) is 0.304.